The molecule has 1 unspecified atom stereocenters. The van der Waals surface area contributed by atoms with Gasteiger partial charge in [-0.25, -0.2) is 0 Å². The molecule has 2 heterocycles. The minimum atomic E-state index is -0.0888. The van der Waals surface area contributed by atoms with Gasteiger partial charge in [0.15, 0.2) is 0 Å². The van der Waals surface area contributed by atoms with E-state index >= 15 is 0 Å². The third-order valence-electron chi connectivity index (χ3n) is 4.45. The number of fused-ring (bicyclic) bond motifs is 1. The van der Waals surface area contributed by atoms with E-state index in [2.05, 4.69) is 15.5 Å². The van der Waals surface area contributed by atoms with E-state index in [1.54, 1.807) is 0 Å². The van der Waals surface area contributed by atoms with Gasteiger partial charge in [0.25, 0.3) is 0 Å². The van der Waals surface area contributed by atoms with Crippen molar-refractivity contribution in [3.63, 3.8) is 0 Å². The van der Waals surface area contributed by atoms with Crippen molar-refractivity contribution < 1.29 is 9.32 Å². The van der Waals surface area contributed by atoms with Crippen LogP contribution in [0.15, 0.2) is 21.5 Å². The lowest BCUT2D eigenvalue weighted by molar-refractivity contribution is -0.121. The van der Waals surface area contributed by atoms with Crippen LogP contribution in [0, 0.1) is 13.8 Å². The van der Waals surface area contributed by atoms with Crippen LogP contribution in [0.4, 0.5) is 0 Å². The van der Waals surface area contributed by atoms with Crippen LogP contribution in [0.3, 0.4) is 0 Å². The first-order chi connectivity index (χ1) is 11.0. The highest BCUT2D eigenvalue weighted by Gasteiger charge is 2.22. The number of carbonyl (C=O) groups is 1. The van der Waals surface area contributed by atoms with Gasteiger partial charge in [-0.15, -0.1) is 0 Å². The molecule has 1 amide bonds. The van der Waals surface area contributed by atoms with Crippen molar-refractivity contribution in [3.8, 4) is 0 Å². The lowest BCUT2D eigenvalue weighted by Gasteiger charge is -2.25. The molecule has 122 valence electrons. The molecule has 2 aromatic rings. The molecule has 3 rings (SSSR count). The first-order valence-corrected chi connectivity index (χ1v) is 7.98. The first-order valence-electron chi connectivity index (χ1n) is 7.98. The number of hydrogen-bond donors (Lipinski definition) is 2. The topological polar surface area (TPSA) is 88.0 Å². The molecule has 0 fully saturated rings. The zero-order valence-corrected chi connectivity index (χ0v) is 13.4. The summed E-state index contributed by atoms with van der Waals surface area (Å²) in [5.74, 6) is 0.782. The monoisotopic (exact) mass is 315 g/mol. The minimum absolute atomic E-state index is 0.00838. The summed E-state index contributed by atoms with van der Waals surface area (Å²) in [4.78, 5) is 26.6. The molecule has 0 aromatic carbocycles. The molecule has 0 bridgehead atoms. The number of amides is 1. The Morgan fingerprint density at radius 3 is 3.00 bits per heavy atom. The SMILES string of the molecule is Cc1noc(C)c1CCC(=O)NC1CCCc2[nH]c(=O)ccc21. The summed E-state index contributed by atoms with van der Waals surface area (Å²) in [6, 6.07) is 3.33. The lowest BCUT2D eigenvalue weighted by Crippen LogP contribution is -2.32. The number of nitrogens with zero attached hydrogens (tertiary/aromatic N) is 1. The number of hydrogen-bond acceptors (Lipinski definition) is 4. The molecule has 6 heteroatoms. The molecule has 0 radical (unpaired) electrons. The van der Waals surface area contributed by atoms with Crippen molar-refractivity contribution in [3.05, 3.63) is 50.8 Å². The van der Waals surface area contributed by atoms with E-state index in [1.165, 1.54) is 6.07 Å². The van der Waals surface area contributed by atoms with Gasteiger partial charge in [-0.2, -0.15) is 0 Å². The van der Waals surface area contributed by atoms with E-state index in [4.69, 9.17) is 4.52 Å². The number of aryl methyl sites for hydroxylation is 3. The maximum absolute atomic E-state index is 12.3. The van der Waals surface area contributed by atoms with E-state index in [-0.39, 0.29) is 17.5 Å². The quantitative estimate of drug-likeness (QED) is 0.904. The van der Waals surface area contributed by atoms with Gasteiger partial charge in [-0.3, -0.25) is 9.59 Å². The molecule has 0 saturated heterocycles. The summed E-state index contributed by atoms with van der Waals surface area (Å²) in [5.41, 5.74) is 3.74. The van der Waals surface area contributed by atoms with E-state index in [0.29, 0.717) is 12.8 Å². The van der Waals surface area contributed by atoms with Crippen LogP contribution in [0.25, 0.3) is 0 Å². The molecule has 6 nitrogen and oxygen atoms in total. The van der Waals surface area contributed by atoms with Gasteiger partial charge in [-0.05, 0) is 51.2 Å². The summed E-state index contributed by atoms with van der Waals surface area (Å²) < 4.78 is 5.12. The predicted molar refractivity (Wildman–Crippen MR) is 85.2 cm³/mol. The van der Waals surface area contributed by atoms with E-state index in [0.717, 1.165) is 47.5 Å². The summed E-state index contributed by atoms with van der Waals surface area (Å²) in [5, 5.41) is 6.99. The Hall–Kier alpha value is -2.37. The van der Waals surface area contributed by atoms with Crippen LogP contribution in [-0.4, -0.2) is 16.0 Å². The van der Waals surface area contributed by atoms with E-state index < -0.39 is 0 Å². The zero-order chi connectivity index (χ0) is 16.4. The second-order valence-electron chi connectivity index (χ2n) is 6.07. The Labute approximate surface area is 134 Å². The van der Waals surface area contributed by atoms with E-state index in [1.807, 2.05) is 19.9 Å². The van der Waals surface area contributed by atoms with Crippen LogP contribution in [0.5, 0.6) is 0 Å². The predicted octanol–water partition coefficient (Wildman–Crippen LogP) is 2.11. The van der Waals surface area contributed by atoms with Crippen molar-refractivity contribution in [2.24, 2.45) is 0 Å². The number of rotatable bonds is 4. The Bertz CT molecular complexity index is 756. The zero-order valence-electron chi connectivity index (χ0n) is 13.4. The number of pyridine rings is 1. The Morgan fingerprint density at radius 1 is 1.43 bits per heavy atom. The minimum Gasteiger partial charge on any atom is -0.361 e. The molecule has 2 aromatic heterocycles. The van der Waals surface area contributed by atoms with Crippen LogP contribution >= 0.6 is 0 Å². The maximum atomic E-state index is 12.3. The third kappa shape index (κ3) is 3.36. The number of H-pyrrole nitrogens is 1. The van der Waals surface area contributed by atoms with Crippen molar-refractivity contribution >= 4 is 5.91 Å². The second-order valence-corrected chi connectivity index (χ2v) is 6.07. The molecular weight excluding hydrogens is 294 g/mol. The van der Waals surface area contributed by atoms with Gasteiger partial charge in [0.05, 0.1) is 11.7 Å². The normalized spacial score (nSPS) is 16.9. The standard InChI is InChI=1S/C17H21N3O3/c1-10-12(11(2)23-20-10)6-8-16(21)18-14-4-3-5-15-13(14)7-9-17(22)19-15/h7,9,14H,3-6,8H2,1-2H3,(H,18,21)(H,19,22). The smallest absolute Gasteiger partial charge is 0.248 e. The van der Waals surface area contributed by atoms with Crippen molar-refractivity contribution in [1.82, 2.24) is 15.5 Å². The summed E-state index contributed by atoms with van der Waals surface area (Å²) in [6.45, 7) is 3.75. The number of carbonyl (C=O) groups excluding carboxylic acids is 1. The van der Waals surface area contributed by atoms with Crippen LogP contribution in [-0.2, 0) is 17.6 Å². The fourth-order valence-electron chi connectivity index (χ4n) is 3.21. The van der Waals surface area contributed by atoms with Gasteiger partial charge in [0, 0.05) is 23.7 Å². The summed E-state index contributed by atoms with van der Waals surface area (Å²) in [6.07, 6.45) is 3.74. The molecule has 1 aliphatic carbocycles. The highest BCUT2D eigenvalue weighted by atomic mass is 16.5. The summed E-state index contributed by atoms with van der Waals surface area (Å²) in [7, 11) is 0. The van der Waals surface area contributed by atoms with Crippen molar-refractivity contribution in [2.75, 3.05) is 0 Å². The largest absolute Gasteiger partial charge is 0.361 e. The summed E-state index contributed by atoms with van der Waals surface area (Å²) >= 11 is 0. The molecule has 2 N–H and O–H groups in total. The van der Waals surface area contributed by atoms with Gasteiger partial charge in [-0.1, -0.05) is 5.16 Å². The highest BCUT2D eigenvalue weighted by Crippen LogP contribution is 2.27. The van der Waals surface area contributed by atoms with Gasteiger partial charge < -0.3 is 14.8 Å². The third-order valence-corrected chi connectivity index (χ3v) is 4.45. The average Bonchev–Trinajstić information content (AvgIpc) is 2.84. The van der Waals surface area contributed by atoms with Gasteiger partial charge in [0.1, 0.15) is 5.76 Å². The van der Waals surface area contributed by atoms with Crippen molar-refractivity contribution in [1.29, 1.82) is 0 Å². The first kappa shape index (κ1) is 15.5. The molecule has 0 saturated carbocycles. The highest BCUT2D eigenvalue weighted by molar-refractivity contribution is 5.76. The average molecular weight is 315 g/mol. The fraction of sp³-hybridized carbons (Fsp3) is 0.471. The molecule has 1 atom stereocenters. The maximum Gasteiger partial charge on any atom is 0.248 e. The van der Waals surface area contributed by atoms with Gasteiger partial charge in [0.2, 0.25) is 11.5 Å². The van der Waals surface area contributed by atoms with Crippen LogP contribution in [0.2, 0.25) is 0 Å². The fourth-order valence-corrected chi connectivity index (χ4v) is 3.21. The van der Waals surface area contributed by atoms with Crippen LogP contribution in [0.1, 0.15) is 53.6 Å². The Morgan fingerprint density at radius 2 is 2.26 bits per heavy atom. The van der Waals surface area contributed by atoms with Crippen molar-refractivity contribution in [2.45, 2.75) is 52.0 Å². The molecule has 23 heavy (non-hydrogen) atoms. The number of nitrogens with one attached hydrogen (secondary N) is 2. The van der Waals surface area contributed by atoms with Gasteiger partial charge >= 0.3 is 0 Å². The molecule has 0 aliphatic heterocycles. The van der Waals surface area contributed by atoms with Crippen LogP contribution < -0.4 is 10.9 Å². The lowest BCUT2D eigenvalue weighted by atomic mass is 9.91. The molecule has 0 spiro atoms. The number of aromatic amines is 1. The molecular formula is C17H21N3O3. The second kappa shape index (κ2) is 6.40. The Kier molecular flexibility index (Phi) is 4.32. The van der Waals surface area contributed by atoms with E-state index in [9.17, 15) is 9.59 Å². The molecule has 1 aliphatic rings. The Balaban J connectivity index is 1.64. The number of aromatic nitrogens is 2.